The van der Waals surface area contributed by atoms with E-state index in [0.717, 1.165) is 12.8 Å². The maximum atomic E-state index is 10.7. The fourth-order valence-electron chi connectivity index (χ4n) is 2.72. The molecule has 1 spiro atoms. The lowest BCUT2D eigenvalue weighted by atomic mass is 9.67. The zero-order valence-electron chi connectivity index (χ0n) is 9.90. The summed E-state index contributed by atoms with van der Waals surface area (Å²) in [5, 5.41) is 10.7. The van der Waals surface area contributed by atoms with Gasteiger partial charge in [-0.25, -0.2) is 0 Å². The van der Waals surface area contributed by atoms with Crippen LogP contribution in [0.25, 0.3) is 0 Å². The van der Waals surface area contributed by atoms with Crippen LogP contribution in [0.5, 0.6) is 0 Å². The van der Waals surface area contributed by atoms with E-state index in [-0.39, 0.29) is 22.8 Å². The van der Waals surface area contributed by atoms with Gasteiger partial charge in [-0.1, -0.05) is 13.8 Å². The Morgan fingerprint density at radius 2 is 1.94 bits per heavy atom. The first-order valence-electron chi connectivity index (χ1n) is 5.83. The molecule has 1 heterocycles. The molecule has 2 rings (SSSR count). The predicted molar refractivity (Wildman–Crippen MR) is 57.6 cm³/mol. The molecule has 5 heteroatoms. The minimum absolute atomic E-state index is 0.00757. The van der Waals surface area contributed by atoms with Crippen LogP contribution < -0.4 is 0 Å². The third-order valence-corrected chi connectivity index (χ3v) is 4.00. The largest absolute Gasteiger partial charge is 0.348 e. The molecule has 5 nitrogen and oxygen atoms in total. The van der Waals surface area contributed by atoms with E-state index in [1.54, 1.807) is 0 Å². The summed E-state index contributed by atoms with van der Waals surface area (Å²) >= 11 is 0. The minimum Gasteiger partial charge on any atom is -0.348 e. The van der Waals surface area contributed by atoms with Gasteiger partial charge in [0.05, 0.1) is 13.2 Å². The SMILES string of the molecule is CC1(C)CCC2(C[C@H]1C[N+](=O)[O-])OCCO2. The van der Waals surface area contributed by atoms with Crippen LogP contribution in [0.1, 0.15) is 33.1 Å². The molecule has 0 aromatic heterocycles. The molecule has 1 saturated carbocycles. The van der Waals surface area contributed by atoms with Crippen LogP contribution in [-0.4, -0.2) is 30.5 Å². The number of ether oxygens (including phenoxy) is 2. The molecule has 1 aliphatic carbocycles. The Kier molecular flexibility index (Phi) is 2.92. The van der Waals surface area contributed by atoms with Crippen LogP contribution in [0.2, 0.25) is 0 Å². The van der Waals surface area contributed by atoms with Crippen LogP contribution in [0.15, 0.2) is 0 Å². The van der Waals surface area contributed by atoms with Crippen LogP contribution in [0, 0.1) is 21.4 Å². The van der Waals surface area contributed by atoms with Gasteiger partial charge in [-0.15, -0.1) is 0 Å². The molecular formula is C11H19NO4. The van der Waals surface area contributed by atoms with E-state index in [2.05, 4.69) is 13.8 Å². The molecule has 2 aliphatic rings. The second kappa shape index (κ2) is 3.96. The Morgan fingerprint density at radius 1 is 1.31 bits per heavy atom. The van der Waals surface area contributed by atoms with Crippen molar-refractivity contribution < 1.29 is 14.4 Å². The Balaban J connectivity index is 2.09. The van der Waals surface area contributed by atoms with Crippen molar-refractivity contribution in [2.24, 2.45) is 11.3 Å². The molecule has 1 saturated heterocycles. The zero-order chi connectivity index (χ0) is 11.8. The van der Waals surface area contributed by atoms with Crippen LogP contribution in [-0.2, 0) is 9.47 Å². The highest BCUT2D eigenvalue weighted by atomic mass is 16.7. The first kappa shape index (κ1) is 11.8. The highest BCUT2D eigenvalue weighted by molar-refractivity contribution is 4.92. The maximum Gasteiger partial charge on any atom is 0.207 e. The average Bonchev–Trinajstić information content (AvgIpc) is 2.61. The van der Waals surface area contributed by atoms with Crippen LogP contribution in [0.3, 0.4) is 0 Å². The fraction of sp³-hybridized carbons (Fsp3) is 1.00. The molecule has 0 unspecified atom stereocenters. The van der Waals surface area contributed by atoms with Gasteiger partial charge in [-0.2, -0.15) is 0 Å². The van der Waals surface area contributed by atoms with Gasteiger partial charge in [0.25, 0.3) is 0 Å². The zero-order valence-corrected chi connectivity index (χ0v) is 9.90. The summed E-state index contributed by atoms with van der Waals surface area (Å²) in [6, 6.07) is 0. The normalized spacial score (nSPS) is 31.8. The van der Waals surface area contributed by atoms with Crippen LogP contribution >= 0.6 is 0 Å². The number of nitrogens with zero attached hydrogens (tertiary/aromatic N) is 1. The van der Waals surface area contributed by atoms with E-state index in [1.807, 2.05) is 0 Å². The van der Waals surface area contributed by atoms with Crippen molar-refractivity contribution in [3.63, 3.8) is 0 Å². The van der Waals surface area contributed by atoms with Gasteiger partial charge in [-0.3, -0.25) is 10.1 Å². The lowest BCUT2D eigenvalue weighted by molar-refractivity contribution is -0.495. The summed E-state index contributed by atoms with van der Waals surface area (Å²) in [6.45, 7) is 5.45. The third-order valence-electron chi connectivity index (χ3n) is 4.00. The van der Waals surface area contributed by atoms with Gasteiger partial charge >= 0.3 is 0 Å². The van der Waals surface area contributed by atoms with Gasteiger partial charge < -0.3 is 9.47 Å². The number of hydrogen-bond donors (Lipinski definition) is 0. The van der Waals surface area contributed by atoms with Gasteiger partial charge in [0, 0.05) is 23.7 Å². The lowest BCUT2D eigenvalue weighted by Gasteiger charge is -2.44. The Labute approximate surface area is 95.3 Å². The van der Waals surface area contributed by atoms with Gasteiger partial charge in [0.2, 0.25) is 6.54 Å². The standard InChI is InChI=1S/C11H19NO4/c1-10(2)3-4-11(15-5-6-16-11)7-9(10)8-12(13)14/h9H,3-8H2,1-2H3/t9-/m0/s1. The highest BCUT2D eigenvalue weighted by Crippen LogP contribution is 2.47. The summed E-state index contributed by atoms with van der Waals surface area (Å²) in [6.07, 6.45) is 2.43. The molecule has 2 fully saturated rings. The van der Waals surface area contributed by atoms with Crippen LogP contribution in [0.4, 0.5) is 0 Å². The molecule has 0 aromatic rings. The van der Waals surface area contributed by atoms with Crippen molar-refractivity contribution in [3.8, 4) is 0 Å². The highest BCUT2D eigenvalue weighted by Gasteiger charge is 2.49. The van der Waals surface area contributed by atoms with Crippen molar-refractivity contribution in [3.05, 3.63) is 10.1 Å². The summed E-state index contributed by atoms with van der Waals surface area (Å²) in [7, 11) is 0. The minimum atomic E-state index is -0.518. The van der Waals surface area contributed by atoms with Crippen molar-refractivity contribution in [1.29, 1.82) is 0 Å². The average molecular weight is 229 g/mol. The summed E-state index contributed by atoms with van der Waals surface area (Å²) in [4.78, 5) is 10.5. The maximum absolute atomic E-state index is 10.7. The molecule has 1 atom stereocenters. The first-order chi connectivity index (χ1) is 7.44. The summed E-state index contributed by atoms with van der Waals surface area (Å²) in [5.74, 6) is -0.481. The van der Waals surface area contributed by atoms with E-state index in [4.69, 9.17) is 9.47 Å². The molecule has 0 amide bonds. The van der Waals surface area contributed by atoms with Crippen molar-refractivity contribution in [2.45, 2.75) is 38.9 Å². The quantitative estimate of drug-likeness (QED) is 0.535. The molecule has 0 N–H and O–H groups in total. The molecule has 92 valence electrons. The topological polar surface area (TPSA) is 61.6 Å². The van der Waals surface area contributed by atoms with E-state index >= 15 is 0 Å². The first-order valence-corrected chi connectivity index (χ1v) is 5.83. The Morgan fingerprint density at radius 3 is 2.50 bits per heavy atom. The molecule has 0 aromatic carbocycles. The smallest absolute Gasteiger partial charge is 0.207 e. The Bertz CT molecular complexity index is 284. The van der Waals surface area contributed by atoms with Gasteiger partial charge in [-0.05, 0) is 11.8 Å². The number of rotatable bonds is 2. The number of nitro groups is 1. The molecule has 16 heavy (non-hydrogen) atoms. The molecular weight excluding hydrogens is 210 g/mol. The second-order valence-electron chi connectivity index (χ2n) is 5.51. The van der Waals surface area contributed by atoms with E-state index in [0.29, 0.717) is 19.6 Å². The van der Waals surface area contributed by atoms with E-state index in [1.165, 1.54) is 0 Å². The van der Waals surface area contributed by atoms with Gasteiger partial charge in [0.15, 0.2) is 5.79 Å². The monoisotopic (exact) mass is 229 g/mol. The molecule has 0 radical (unpaired) electrons. The molecule has 0 bridgehead atoms. The Hall–Kier alpha value is -0.680. The predicted octanol–water partition coefficient (Wildman–Crippen LogP) is 1.83. The molecule has 1 aliphatic heterocycles. The summed E-state index contributed by atoms with van der Waals surface area (Å²) < 4.78 is 11.3. The lowest BCUT2D eigenvalue weighted by Crippen LogP contribution is -2.46. The van der Waals surface area contributed by atoms with Crippen molar-refractivity contribution in [1.82, 2.24) is 0 Å². The second-order valence-corrected chi connectivity index (χ2v) is 5.51. The fourth-order valence-corrected chi connectivity index (χ4v) is 2.72. The van der Waals surface area contributed by atoms with E-state index < -0.39 is 5.79 Å². The van der Waals surface area contributed by atoms with Crippen molar-refractivity contribution >= 4 is 0 Å². The van der Waals surface area contributed by atoms with Crippen molar-refractivity contribution in [2.75, 3.05) is 19.8 Å². The number of hydrogen-bond acceptors (Lipinski definition) is 4. The third kappa shape index (κ3) is 2.20. The van der Waals surface area contributed by atoms with Gasteiger partial charge in [0.1, 0.15) is 0 Å². The van der Waals surface area contributed by atoms with E-state index in [9.17, 15) is 10.1 Å². The summed E-state index contributed by atoms with van der Waals surface area (Å²) in [5.41, 5.74) is 0.00757.